The van der Waals surface area contributed by atoms with Crippen molar-refractivity contribution in [3.63, 3.8) is 0 Å². The number of hydrogen-bond donors (Lipinski definition) is 0. The molecule has 0 unspecified atom stereocenters. The third-order valence-corrected chi connectivity index (χ3v) is 0.811. The van der Waals surface area contributed by atoms with Gasteiger partial charge >= 0.3 is 0 Å². The smallest absolute Gasteiger partial charge is 0.152 e. The van der Waals surface area contributed by atoms with Crippen LogP contribution in [-0.2, 0) is 4.79 Å². The van der Waals surface area contributed by atoms with E-state index >= 15 is 0 Å². The van der Waals surface area contributed by atoms with Crippen molar-refractivity contribution in [1.29, 1.82) is 0 Å². The van der Waals surface area contributed by atoms with Crippen molar-refractivity contribution in [2.75, 3.05) is 0 Å². The normalized spacial score (nSPS) is 6.17. The molecule has 0 atom stereocenters. The zero-order valence-electron chi connectivity index (χ0n) is 3.55. The first-order valence-electron chi connectivity index (χ1n) is 1.62. The molecule has 0 rings (SSSR count). The number of carbonyl (C=O) groups excluding carboxylic acids is 1. The van der Waals surface area contributed by atoms with E-state index in [2.05, 4.69) is 0 Å². The van der Waals surface area contributed by atoms with Gasteiger partial charge in [0.1, 0.15) is 0 Å². The zero-order chi connectivity index (χ0) is 4.83. The molecule has 6 heavy (non-hydrogen) atoms. The fourth-order valence-corrected chi connectivity index (χ4v) is 0.332. The van der Waals surface area contributed by atoms with Crippen LogP contribution in [0.1, 0.15) is 6.92 Å². The van der Waals surface area contributed by atoms with E-state index in [1.807, 2.05) is 12.3 Å². The highest BCUT2D eigenvalue weighted by Gasteiger charge is 1.48. The van der Waals surface area contributed by atoms with Gasteiger partial charge in [-0.05, 0) is 12.3 Å². The van der Waals surface area contributed by atoms with E-state index in [0.29, 0.717) is 0 Å². The second-order valence-electron chi connectivity index (χ2n) is 0.644. The monoisotopic (exact) mass is 102 g/mol. The van der Waals surface area contributed by atoms with Gasteiger partial charge in [0.05, 0.1) is 0 Å². The predicted molar refractivity (Wildman–Crippen MR) is 31.5 cm³/mol. The van der Waals surface area contributed by atoms with E-state index in [9.17, 15) is 4.79 Å². The molecule has 0 aliphatic rings. The first-order chi connectivity index (χ1) is 2.91. The lowest BCUT2D eigenvalue weighted by Gasteiger charge is -1.50. The summed E-state index contributed by atoms with van der Waals surface area (Å²) in [6.07, 6.45) is 0.769. The van der Waals surface area contributed by atoms with E-state index in [1.165, 1.54) is 16.3 Å². The maximum atomic E-state index is 9.47. The molecule has 0 N–H and O–H groups in total. The van der Waals surface area contributed by atoms with Gasteiger partial charge in [-0.1, -0.05) is 0 Å². The molecule has 0 aliphatic carbocycles. The Balaban J connectivity index is 3.46. The molecule has 0 fully saturated rings. The summed E-state index contributed by atoms with van der Waals surface area (Å²) in [5, 5.41) is 3.33. The number of hydrogen-bond acceptors (Lipinski definition) is 1. The Hall–Kier alpha value is -0.370. The minimum atomic E-state index is 0.769. The summed E-state index contributed by atoms with van der Waals surface area (Å²) in [7, 11) is 1.39. The van der Waals surface area contributed by atoms with Crippen LogP contribution in [0.5, 0.6) is 0 Å². The van der Waals surface area contributed by atoms with E-state index in [1.54, 1.807) is 0 Å². The lowest BCUT2D eigenvalue weighted by Crippen LogP contribution is -1.61. The third kappa shape index (κ3) is 3.63. The molecule has 0 amide bonds. The van der Waals surface area contributed by atoms with Gasteiger partial charge < -0.3 is 0 Å². The largest absolute Gasteiger partial charge is 0.298 e. The van der Waals surface area contributed by atoms with Crippen LogP contribution in [0.25, 0.3) is 0 Å². The van der Waals surface area contributed by atoms with Crippen LogP contribution in [0, 0.1) is 0 Å². The topological polar surface area (TPSA) is 17.1 Å². The summed E-state index contributed by atoms with van der Waals surface area (Å²) in [5.41, 5.74) is 0. The first-order valence-corrected chi connectivity index (χ1v) is 2.56. The van der Waals surface area contributed by atoms with Crippen molar-refractivity contribution in [2.45, 2.75) is 6.92 Å². The average Bonchev–Trinajstić information content (AvgIpc) is 1.61. The van der Waals surface area contributed by atoms with Gasteiger partial charge in [-0.15, -0.1) is 0 Å². The Bertz CT molecular complexity index is 89.7. The summed E-state index contributed by atoms with van der Waals surface area (Å²) >= 11 is 0. The molecule has 0 saturated heterocycles. The van der Waals surface area contributed by atoms with Crippen LogP contribution in [-0.4, -0.2) is 17.0 Å². The van der Waals surface area contributed by atoms with E-state index in [0.717, 1.165) is 6.29 Å². The second-order valence-corrected chi connectivity index (χ2v) is 1.66. The van der Waals surface area contributed by atoms with Crippen molar-refractivity contribution >= 4 is 28.0 Å². The highest BCUT2D eigenvalue weighted by Crippen LogP contribution is 1.54. The fraction of sp³-hybridized carbons (Fsp3) is 0.250. The van der Waals surface area contributed by atoms with Crippen molar-refractivity contribution in [1.82, 2.24) is 0 Å². The van der Waals surface area contributed by atoms with Gasteiger partial charge in [0.25, 0.3) is 0 Å². The SMILES string of the molecule is CC=S=CC=O. The van der Waals surface area contributed by atoms with Gasteiger partial charge in [0.2, 0.25) is 0 Å². The summed E-state index contributed by atoms with van der Waals surface area (Å²) in [4.78, 5) is 9.47. The highest BCUT2D eigenvalue weighted by molar-refractivity contribution is 7.96. The molecule has 0 heterocycles. The summed E-state index contributed by atoms with van der Waals surface area (Å²) in [5.74, 6) is 0. The molecule has 1 nitrogen and oxygen atoms in total. The molecule has 0 radical (unpaired) electrons. The Kier molecular flexibility index (Phi) is 4.34. The second kappa shape index (κ2) is 4.63. The van der Waals surface area contributed by atoms with E-state index < -0.39 is 0 Å². The summed E-state index contributed by atoms with van der Waals surface area (Å²) in [6.45, 7) is 1.88. The van der Waals surface area contributed by atoms with Gasteiger partial charge in [-0.3, -0.25) is 4.79 Å². The first kappa shape index (κ1) is 5.63. The maximum Gasteiger partial charge on any atom is 0.152 e. The predicted octanol–water partition coefficient (Wildman–Crippen LogP) is 0.543. The van der Waals surface area contributed by atoms with Crippen LogP contribution in [0.3, 0.4) is 0 Å². The molecule has 2 heteroatoms. The van der Waals surface area contributed by atoms with Crippen molar-refractivity contribution < 1.29 is 4.79 Å². The molecule has 0 spiro atoms. The van der Waals surface area contributed by atoms with Crippen LogP contribution < -0.4 is 0 Å². The van der Waals surface area contributed by atoms with Crippen LogP contribution in [0.15, 0.2) is 0 Å². The van der Waals surface area contributed by atoms with Crippen LogP contribution in [0.4, 0.5) is 0 Å². The van der Waals surface area contributed by atoms with Gasteiger partial charge in [0.15, 0.2) is 6.29 Å². The minimum Gasteiger partial charge on any atom is -0.298 e. The zero-order valence-corrected chi connectivity index (χ0v) is 4.37. The fourth-order valence-electron chi connectivity index (χ4n) is 0.111. The third-order valence-electron chi connectivity index (χ3n) is 0.270. The minimum absolute atomic E-state index is 0.769. The molecular weight excluding hydrogens is 96.1 g/mol. The van der Waals surface area contributed by atoms with Gasteiger partial charge in [-0.2, -0.15) is 10.9 Å². The number of carbonyl (C=O) groups is 1. The van der Waals surface area contributed by atoms with Crippen molar-refractivity contribution in [3.05, 3.63) is 0 Å². The molecular formula is C4H6OS. The quantitative estimate of drug-likeness (QED) is 0.349. The summed E-state index contributed by atoms with van der Waals surface area (Å²) < 4.78 is 0. The molecule has 0 aromatic heterocycles. The van der Waals surface area contributed by atoms with Crippen molar-refractivity contribution in [2.24, 2.45) is 0 Å². The molecule has 0 aromatic carbocycles. The molecule has 0 bridgehead atoms. The van der Waals surface area contributed by atoms with E-state index in [-0.39, 0.29) is 0 Å². The summed E-state index contributed by atoms with van der Waals surface area (Å²) in [6, 6.07) is 0. The lowest BCUT2D eigenvalue weighted by atomic mass is 10.9. The Morgan fingerprint density at radius 2 is 2.33 bits per heavy atom. The molecule has 0 aromatic rings. The van der Waals surface area contributed by atoms with Gasteiger partial charge in [0, 0.05) is 5.37 Å². The molecule has 34 valence electrons. The molecule has 0 saturated carbocycles. The Morgan fingerprint density at radius 3 is 2.50 bits per heavy atom. The van der Waals surface area contributed by atoms with Gasteiger partial charge in [-0.25, -0.2) is 0 Å². The maximum absolute atomic E-state index is 9.47. The number of aldehydes is 1. The lowest BCUT2D eigenvalue weighted by molar-refractivity contribution is -0.102. The number of rotatable bonds is 1. The van der Waals surface area contributed by atoms with E-state index in [4.69, 9.17) is 0 Å². The van der Waals surface area contributed by atoms with Crippen LogP contribution >= 0.6 is 10.9 Å². The standard InChI is InChI=1S/C4H6OS/c1-2-6-4-3-5/h2-4H,1H3. The highest BCUT2D eigenvalue weighted by atomic mass is 32.1. The molecule has 0 aliphatic heterocycles. The van der Waals surface area contributed by atoms with Crippen molar-refractivity contribution in [3.8, 4) is 0 Å². The Morgan fingerprint density at radius 1 is 1.67 bits per heavy atom. The average molecular weight is 102 g/mol. The Labute approximate surface area is 40.5 Å². The van der Waals surface area contributed by atoms with Crippen LogP contribution in [0.2, 0.25) is 0 Å².